The lowest BCUT2D eigenvalue weighted by atomic mass is 10.1. The van der Waals surface area contributed by atoms with Gasteiger partial charge in [0.05, 0.1) is 13.2 Å². The first-order valence-electron chi connectivity index (χ1n) is 7.27. The standard InChI is InChI=1S/C15H21N5O/c1-21-9-6-16-10-13-4-2-3-5-14(13)19-7-8-20-12-17-18-15(20)11-19/h2-5,12,16H,6-11H2,1H3. The Kier molecular flexibility index (Phi) is 4.47. The Balaban J connectivity index is 1.70. The van der Waals surface area contributed by atoms with E-state index in [-0.39, 0.29) is 0 Å². The minimum Gasteiger partial charge on any atom is -0.383 e. The van der Waals surface area contributed by atoms with Gasteiger partial charge in [0, 0.05) is 39.0 Å². The quantitative estimate of drug-likeness (QED) is 0.804. The number of aromatic nitrogens is 3. The van der Waals surface area contributed by atoms with Crippen LogP contribution in [0.1, 0.15) is 11.4 Å². The molecule has 1 aromatic carbocycles. The average molecular weight is 287 g/mol. The summed E-state index contributed by atoms with van der Waals surface area (Å²) >= 11 is 0. The van der Waals surface area contributed by atoms with E-state index in [1.165, 1.54) is 11.3 Å². The lowest BCUT2D eigenvalue weighted by molar-refractivity contribution is 0.199. The Morgan fingerprint density at radius 2 is 2.19 bits per heavy atom. The Hall–Kier alpha value is -1.92. The molecule has 3 rings (SSSR count). The van der Waals surface area contributed by atoms with Gasteiger partial charge in [-0.1, -0.05) is 18.2 Å². The Labute approximate surface area is 124 Å². The zero-order valence-electron chi connectivity index (χ0n) is 12.3. The summed E-state index contributed by atoms with van der Waals surface area (Å²) in [6.07, 6.45) is 1.81. The van der Waals surface area contributed by atoms with E-state index in [0.717, 1.165) is 45.2 Å². The number of methoxy groups -OCH3 is 1. The van der Waals surface area contributed by atoms with Gasteiger partial charge in [0.1, 0.15) is 6.33 Å². The third-order valence-corrected chi connectivity index (χ3v) is 3.77. The molecule has 0 amide bonds. The molecular formula is C15H21N5O. The number of anilines is 1. The highest BCUT2D eigenvalue weighted by molar-refractivity contribution is 5.54. The monoisotopic (exact) mass is 287 g/mol. The molecule has 2 aromatic rings. The number of ether oxygens (including phenoxy) is 1. The van der Waals surface area contributed by atoms with Crippen molar-refractivity contribution in [2.45, 2.75) is 19.6 Å². The molecule has 0 saturated carbocycles. The van der Waals surface area contributed by atoms with Gasteiger partial charge < -0.3 is 19.5 Å². The number of nitrogens with one attached hydrogen (secondary N) is 1. The van der Waals surface area contributed by atoms with Crippen LogP contribution in [-0.2, 0) is 24.4 Å². The van der Waals surface area contributed by atoms with Gasteiger partial charge in [-0.25, -0.2) is 0 Å². The van der Waals surface area contributed by atoms with E-state index in [1.807, 2.05) is 6.33 Å². The summed E-state index contributed by atoms with van der Waals surface area (Å²) < 4.78 is 7.19. The molecule has 6 nitrogen and oxygen atoms in total. The topological polar surface area (TPSA) is 55.2 Å². The summed E-state index contributed by atoms with van der Waals surface area (Å²) in [5, 5.41) is 11.6. The second kappa shape index (κ2) is 6.69. The summed E-state index contributed by atoms with van der Waals surface area (Å²) in [6, 6.07) is 8.53. The van der Waals surface area contributed by atoms with Crippen LogP contribution in [0.15, 0.2) is 30.6 Å². The maximum atomic E-state index is 5.07. The molecule has 2 heterocycles. The lowest BCUT2D eigenvalue weighted by Crippen LogP contribution is -2.34. The first kappa shape index (κ1) is 14.0. The molecule has 21 heavy (non-hydrogen) atoms. The van der Waals surface area contributed by atoms with Gasteiger partial charge in [0.15, 0.2) is 5.82 Å². The van der Waals surface area contributed by atoms with Crippen LogP contribution in [0.4, 0.5) is 5.69 Å². The molecule has 1 aliphatic heterocycles. The third-order valence-electron chi connectivity index (χ3n) is 3.77. The molecule has 6 heteroatoms. The van der Waals surface area contributed by atoms with Gasteiger partial charge in [0.25, 0.3) is 0 Å². The number of hydrogen-bond donors (Lipinski definition) is 1. The van der Waals surface area contributed by atoms with Crippen molar-refractivity contribution in [2.24, 2.45) is 0 Å². The van der Waals surface area contributed by atoms with E-state index in [4.69, 9.17) is 4.74 Å². The van der Waals surface area contributed by atoms with Crippen LogP contribution in [0, 0.1) is 0 Å². The van der Waals surface area contributed by atoms with Crippen molar-refractivity contribution in [3.8, 4) is 0 Å². The molecule has 0 spiro atoms. The van der Waals surface area contributed by atoms with Crippen molar-refractivity contribution in [1.29, 1.82) is 0 Å². The van der Waals surface area contributed by atoms with Crippen LogP contribution in [0.3, 0.4) is 0 Å². The van der Waals surface area contributed by atoms with Crippen LogP contribution in [0.5, 0.6) is 0 Å². The average Bonchev–Trinajstić information content (AvgIpc) is 2.99. The molecular weight excluding hydrogens is 266 g/mol. The number of benzene rings is 1. The first-order chi connectivity index (χ1) is 10.4. The highest BCUT2D eigenvalue weighted by Crippen LogP contribution is 2.24. The zero-order valence-corrected chi connectivity index (χ0v) is 12.3. The van der Waals surface area contributed by atoms with Crippen molar-refractivity contribution in [1.82, 2.24) is 20.1 Å². The molecule has 0 bridgehead atoms. The fourth-order valence-corrected chi connectivity index (χ4v) is 2.64. The van der Waals surface area contributed by atoms with Crippen LogP contribution in [0.25, 0.3) is 0 Å². The number of nitrogens with zero attached hydrogens (tertiary/aromatic N) is 4. The maximum absolute atomic E-state index is 5.07. The Bertz CT molecular complexity index is 583. The summed E-state index contributed by atoms with van der Waals surface area (Å²) in [5.41, 5.74) is 2.58. The van der Waals surface area contributed by atoms with Crippen LogP contribution < -0.4 is 10.2 Å². The number of fused-ring (bicyclic) bond motifs is 1. The Morgan fingerprint density at radius 1 is 1.29 bits per heavy atom. The molecule has 1 aliphatic rings. The van der Waals surface area contributed by atoms with E-state index in [0.29, 0.717) is 0 Å². The highest BCUT2D eigenvalue weighted by atomic mass is 16.5. The van der Waals surface area contributed by atoms with E-state index >= 15 is 0 Å². The largest absolute Gasteiger partial charge is 0.383 e. The smallest absolute Gasteiger partial charge is 0.152 e. The van der Waals surface area contributed by atoms with Crippen molar-refractivity contribution >= 4 is 5.69 Å². The van der Waals surface area contributed by atoms with E-state index < -0.39 is 0 Å². The minimum atomic E-state index is 0.731. The molecule has 0 fully saturated rings. The third kappa shape index (κ3) is 3.22. The fourth-order valence-electron chi connectivity index (χ4n) is 2.64. The molecule has 0 atom stereocenters. The van der Waals surface area contributed by atoms with E-state index in [9.17, 15) is 0 Å². The molecule has 0 saturated heterocycles. The van der Waals surface area contributed by atoms with Gasteiger partial charge in [-0.15, -0.1) is 10.2 Å². The number of rotatable bonds is 6. The van der Waals surface area contributed by atoms with E-state index in [2.05, 4.69) is 49.2 Å². The molecule has 1 aromatic heterocycles. The van der Waals surface area contributed by atoms with Gasteiger partial charge in [0.2, 0.25) is 0 Å². The fraction of sp³-hybridized carbons (Fsp3) is 0.467. The number of hydrogen-bond acceptors (Lipinski definition) is 5. The normalized spacial score (nSPS) is 14.2. The molecule has 0 aliphatic carbocycles. The number of para-hydroxylation sites is 1. The van der Waals surface area contributed by atoms with Crippen molar-refractivity contribution in [3.05, 3.63) is 42.0 Å². The predicted octanol–water partition coefficient (Wildman–Crippen LogP) is 1.03. The minimum absolute atomic E-state index is 0.731. The van der Waals surface area contributed by atoms with Crippen LogP contribution in [0.2, 0.25) is 0 Å². The second-order valence-corrected chi connectivity index (χ2v) is 5.16. The first-order valence-corrected chi connectivity index (χ1v) is 7.27. The van der Waals surface area contributed by atoms with E-state index in [1.54, 1.807) is 7.11 Å². The predicted molar refractivity (Wildman–Crippen MR) is 81.1 cm³/mol. The Morgan fingerprint density at radius 3 is 3.10 bits per heavy atom. The van der Waals surface area contributed by atoms with Crippen molar-refractivity contribution < 1.29 is 4.74 Å². The van der Waals surface area contributed by atoms with Crippen LogP contribution >= 0.6 is 0 Å². The molecule has 112 valence electrons. The van der Waals surface area contributed by atoms with Crippen LogP contribution in [-0.4, -0.2) is 41.6 Å². The van der Waals surface area contributed by atoms with Crippen molar-refractivity contribution in [2.75, 3.05) is 31.7 Å². The summed E-state index contributed by atoms with van der Waals surface area (Å²) in [7, 11) is 1.72. The summed E-state index contributed by atoms with van der Waals surface area (Å²) in [5.74, 6) is 1.03. The molecule has 0 unspecified atom stereocenters. The van der Waals surface area contributed by atoms with Gasteiger partial charge in [-0.3, -0.25) is 0 Å². The van der Waals surface area contributed by atoms with Gasteiger partial charge >= 0.3 is 0 Å². The summed E-state index contributed by atoms with van der Waals surface area (Å²) in [4.78, 5) is 2.37. The second-order valence-electron chi connectivity index (χ2n) is 5.16. The SMILES string of the molecule is COCCNCc1ccccc1N1CCn2cnnc2C1. The van der Waals surface area contributed by atoms with Gasteiger partial charge in [-0.2, -0.15) is 0 Å². The highest BCUT2D eigenvalue weighted by Gasteiger charge is 2.19. The van der Waals surface area contributed by atoms with Crippen molar-refractivity contribution in [3.63, 3.8) is 0 Å². The zero-order chi connectivity index (χ0) is 14.5. The molecule has 1 N–H and O–H groups in total. The summed E-state index contributed by atoms with van der Waals surface area (Å²) in [6.45, 7) is 5.18. The van der Waals surface area contributed by atoms with Gasteiger partial charge in [-0.05, 0) is 11.6 Å². The maximum Gasteiger partial charge on any atom is 0.152 e. The lowest BCUT2D eigenvalue weighted by Gasteiger charge is -2.30. The molecule has 0 radical (unpaired) electrons.